The summed E-state index contributed by atoms with van der Waals surface area (Å²) in [4.78, 5) is 0. The monoisotopic (exact) mass is 614 g/mol. The molecule has 3 nitrogen and oxygen atoms in total. The predicted octanol–water partition coefficient (Wildman–Crippen LogP) is 6.55. The van der Waals surface area contributed by atoms with E-state index in [0.29, 0.717) is 0 Å². The van der Waals surface area contributed by atoms with Crippen molar-refractivity contribution in [3.8, 4) is 0 Å². The average molecular weight is 614 g/mol. The van der Waals surface area contributed by atoms with Gasteiger partial charge in [-0.1, -0.05) is 0 Å². The molecule has 0 aromatic carbocycles. The van der Waals surface area contributed by atoms with Gasteiger partial charge in [-0.2, -0.15) is 96.2 Å². The van der Waals surface area contributed by atoms with Gasteiger partial charge in [0.05, 0.1) is 6.42 Å². The highest BCUT2D eigenvalue weighted by Crippen LogP contribution is 2.64. The van der Waals surface area contributed by atoms with Gasteiger partial charge in [0.2, 0.25) is 6.36 Å². The number of halogens is 21. The zero-order valence-corrected chi connectivity index (χ0v) is 16.2. The van der Waals surface area contributed by atoms with E-state index in [4.69, 9.17) is 0 Å². The van der Waals surface area contributed by atoms with E-state index >= 15 is 0 Å². The lowest BCUT2D eigenvalue weighted by molar-refractivity contribution is -0.462. The van der Waals surface area contributed by atoms with Crippen LogP contribution in [0.5, 0.6) is 0 Å². The van der Waals surface area contributed by atoms with Crippen molar-refractivity contribution in [2.45, 2.75) is 65.9 Å². The molecule has 0 fully saturated rings. The Labute approximate surface area is 182 Å². The Bertz CT molecular complexity index is 897. The van der Waals surface area contributed by atoms with Crippen LogP contribution in [0.15, 0.2) is 0 Å². The van der Waals surface area contributed by atoms with Gasteiger partial charge in [-0.15, -0.1) is 0 Å². The summed E-state index contributed by atoms with van der Waals surface area (Å²) >= 11 is 0. The van der Waals surface area contributed by atoms with Crippen molar-refractivity contribution in [1.29, 1.82) is 0 Å². The van der Waals surface area contributed by atoms with Crippen molar-refractivity contribution in [3.05, 3.63) is 0 Å². The van der Waals surface area contributed by atoms with E-state index in [1.807, 2.05) is 0 Å². The maximum absolute atomic E-state index is 13.4. The molecule has 0 aromatic rings. The number of rotatable bonds is 10. The third-order valence-corrected chi connectivity index (χ3v) is 4.75. The lowest BCUT2D eigenvalue weighted by atomic mass is 9.88. The molecule has 0 bridgehead atoms. The number of hydrogen-bond donors (Lipinski definition) is 0. The Hall–Kier alpha value is -1.56. The summed E-state index contributed by atoms with van der Waals surface area (Å²) < 4.78 is 292. The van der Waals surface area contributed by atoms with Gasteiger partial charge in [-0.25, -0.2) is 8.57 Å². The summed E-state index contributed by atoms with van der Waals surface area (Å²) in [5.41, 5.74) is -6.72. The molecule has 0 aromatic heterocycles. The third-order valence-electron chi connectivity index (χ3n) is 3.72. The molecule has 0 rings (SSSR count). The molecule has 0 amide bonds. The normalized spacial score (nSPS) is 17.4. The van der Waals surface area contributed by atoms with Crippen LogP contribution >= 0.6 is 0 Å². The van der Waals surface area contributed by atoms with Gasteiger partial charge in [-0.05, 0) is 0 Å². The van der Waals surface area contributed by atoms with Gasteiger partial charge < -0.3 is 0 Å². The van der Waals surface area contributed by atoms with Crippen LogP contribution in [0.2, 0.25) is 0 Å². The molecule has 218 valence electrons. The molecule has 0 spiro atoms. The van der Waals surface area contributed by atoms with Crippen molar-refractivity contribution in [2.24, 2.45) is 0 Å². The molecule has 0 aliphatic rings. The zero-order valence-electron chi connectivity index (χ0n) is 15.4. The molecule has 0 saturated heterocycles. The maximum Gasteiger partial charge on any atom is 0.523 e. The van der Waals surface area contributed by atoms with Crippen LogP contribution in [0.3, 0.4) is 0 Å². The summed E-state index contributed by atoms with van der Waals surface area (Å²) in [5.74, 6) is -59.9. The minimum absolute atomic E-state index is 2.18. The molecule has 0 aliphatic carbocycles. The van der Waals surface area contributed by atoms with E-state index in [-0.39, 0.29) is 0 Å². The fourth-order valence-electron chi connectivity index (χ4n) is 1.75. The van der Waals surface area contributed by atoms with E-state index in [1.54, 1.807) is 0 Å². The van der Waals surface area contributed by atoms with Crippen molar-refractivity contribution in [2.75, 3.05) is 0 Å². The maximum atomic E-state index is 13.4. The first-order valence-electron chi connectivity index (χ1n) is 7.45. The molecule has 36 heavy (non-hydrogen) atoms. The first-order chi connectivity index (χ1) is 15.1. The van der Waals surface area contributed by atoms with Crippen LogP contribution < -0.4 is 0 Å². The molecule has 0 N–H and O–H groups in total. The van der Waals surface area contributed by atoms with E-state index in [0.717, 1.165) is 0 Å². The SMILES string of the molecule is O=S(=O)(OC(F)CC(F)(F)C(F)(F)C(F)(F)C(F)(F)C(F)(F)C(F)(F)C(F)(F)C(F)(F)F)C(F)(F)F. The van der Waals surface area contributed by atoms with E-state index < -0.39 is 76.0 Å². The highest BCUT2D eigenvalue weighted by molar-refractivity contribution is 7.87. The fraction of sp³-hybridized carbons (Fsp3) is 1.00. The second-order valence-corrected chi connectivity index (χ2v) is 7.82. The number of hydrogen-bond acceptors (Lipinski definition) is 3. The van der Waals surface area contributed by atoms with Crippen LogP contribution in [0.25, 0.3) is 0 Å². The van der Waals surface area contributed by atoms with Gasteiger partial charge >= 0.3 is 63.3 Å². The lowest BCUT2D eigenvalue weighted by Gasteiger charge is -2.42. The van der Waals surface area contributed by atoms with Crippen LogP contribution in [0, 0.1) is 0 Å². The molecule has 1 unspecified atom stereocenters. The van der Waals surface area contributed by atoms with Crippen LogP contribution in [-0.2, 0) is 14.3 Å². The number of alkyl halides is 21. The molecule has 1 atom stereocenters. The second kappa shape index (κ2) is 8.74. The predicted molar refractivity (Wildman–Crippen MR) is 66.3 cm³/mol. The highest BCUT2D eigenvalue weighted by atomic mass is 32.2. The fourth-order valence-corrected chi connectivity index (χ4v) is 2.20. The smallest absolute Gasteiger partial charge is 0.226 e. The summed E-state index contributed by atoms with van der Waals surface area (Å²) in [6.45, 7) is 0. The Balaban J connectivity index is 6.56. The van der Waals surface area contributed by atoms with Crippen LogP contribution in [0.4, 0.5) is 92.2 Å². The quantitative estimate of drug-likeness (QED) is 0.160. The van der Waals surface area contributed by atoms with Gasteiger partial charge in [0, 0.05) is 0 Å². The Kier molecular flexibility index (Phi) is 8.36. The van der Waals surface area contributed by atoms with Gasteiger partial charge in [0.1, 0.15) is 0 Å². The Morgan fingerprint density at radius 3 is 1.06 bits per heavy atom. The minimum atomic E-state index is -8.99. The van der Waals surface area contributed by atoms with Gasteiger partial charge in [-0.3, -0.25) is 0 Å². The summed E-state index contributed by atoms with van der Waals surface area (Å²) in [6.07, 6.45) is -17.2. The van der Waals surface area contributed by atoms with Crippen molar-refractivity contribution in [1.82, 2.24) is 0 Å². The standard InChI is InChI=1S/C11H3F21O3S/c12-2(35-36(33,34)11(30,31)32)1-3(13,14)4(15,16)5(17,18)6(19,20)7(21,22)8(23,24)9(25,26)10(27,28)29/h2H,1H2. The Morgan fingerprint density at radius 1 is 0.500 bits per heavy atom. The van der Waals surface area contributed by atoms with Gasteiger partial charge in [0.25, 0.3) is 0 Å². The van der Waals surface area contributed by atoms with E-state index in [9.17, 15) is 101 Å². The van der Waals surface area contributed by atoms with Gasteiger partial charge in [0.15, 0.2) is 0 Å². The Morgan fingerprint density at radius 2 is 0.778 bits per heavy atom. The minimum Gasteiger partial charge on any atom is -0.226 e. The topological polar surface area (TPSA) is 43.4 Å². The summed E-state index contributed by atoms with van der Waals surface area (Å²) in [6, 6.07) is 0. The molecule has 25 heteroatoms. The van der Waals surface area contributed by atoms with E-state index in [1.165, 1.54) is 0 Å². The van der Waals surface area contributed by atoms with Crippen LogP contribution in [0.1, 0.15) is 6.42 Å². The second-order valence-electron chi connectivity index (χ2n) is 6.26. The molecule has 0 heterocycles. The highest BCUT2D eigenvalue weighted by Gasteiger charge is 2.95. The third kappa shape index (κ3) is 4.96. The molecular weight excluding hydrogens is 611 g/mol. The lowest BCUT2D eigenvalue weighted by Crippen LogP contribution is -2.74. The van der Waals surface area contributed by atoms with Crippen LogP contribution in [-0.4, -0.2) is 67.9 Å². The first kappa shape index (κ1) is 34.4. The zero-order chi connectivity index (χ0) is 30.0. The molecule has 0 saturated carbocycles. The molecular formula is C11H3F21O3S. The first-order valence-corrected chi connectivity index (χ1v) is 8.86. The van der Waals surface area contributed by atoms with Crippen molar-refractivity contribution < 1.29 is 105 Å². The summed E-state index contributed by atoms with van der Waals surface area (Å²) in [5, 5.41) is 0. The molecule has 0 radical (unpaired) electrons. The van der Waals surface area contributed by atoms with E-state index in [2.05, 4.69) is 4.18 Å². The molecule has 0 aliphatic heterocycles. The summed E-state index contributed by atoms with van der Waals surface area (Å²) in [7, 11) is -7.35. The average Bonchev–Trinajstić information content (AvgIpc) is 2.57. The van der Waals surface area contributed by atoms with Crippen molar-refractivity contribution >= 4 is 10.1 Å². The largest absolute Gasteiger partial charge is 0.523 e. The van der Waals surface area contributed by atoms with Crippen molar-refractivity contribution in [3.63, 3.8) is 0 Å².